The third-order valence-electron chi connectivity index (χ3n) is 3.40. The lowest BCUT2D eigenvalue weighted by Crippen LogP contribution is -2.30. The molecule has 0 fully saturated rings. The fourth-order valence-corrected chi connectivity index (χ4v) is 1.73. The minimum atomic E-state index is -0.684. The Morgan fingerprint density at radius 1 is 1.10 bits per heavy atom. The number of hydrogen-bond donors (Lipinski definition) is 2. The van der Waals surface area contributed by atoms with Crippen LogP contribution < -0.4 is 0 Å². The predicted molar refractivity (Wildman–Crippen MR) is 77.4 cm³/mol. The van der Waals surface area contributed by atoms with Gasteiger partial charge in [-0.3, -0.25) is 0 Å². The van der Waals surface area contributed by atoms with Gasteiger partial charge in [-0.05, 0) is 24.5 Å². The first-order valence-electron chi connectivity index (χ1n) is 7.00. The summed E-state index contributed by atoms with van der Waals surface area (Å²) in [6, 6.07) is 8.75. The topological polar surface area (TPSA) is 66.8 Å². The summed E-state index contributed by atoms with van der Waals surface area (Å²) < 4.78 is 5.17. The molecule has 0 aliphatic heterocycles. The number of aliphatic hydroxyl groups excluding tert-OH is 2. The highest BCUT2D eigenvalue weighted by atomic mass is 16.5. The molecule has 1 aromatic carbocycles. The summed E-state index contributed by atoms with van der Waals surface area (Å²) in [6.45, 7) is 5.74. The van der Waals surface area contributed by atoms with Crippen molar-refractivity contribution in [1.29, 1.82) is 0 Å². The highest BCUT2D eigenvalue weighted by molar-refractivity contribution is 5.89. The molecule has 0 bridgehead atoms. The standard InChI is InChI=1S/C16H24O4/c1-11(2)14(17)9-15(18)12(3)10-20-16(19)13-7-5-4-6-8-13/h4-8,11-12,14-15,17-18H,9-10H2,1-3H3. The molecule has 3 atom stereocenters. The van der Waals surface area contributed by atoms with Crippen LogP contribution in [-0.4, -0.2) is 35.0 Å². The normalized spacial score (nSPS) is 15.7. The van der Waals surface area contributed by atoms with E-state index in [1.54, 1.807) is 31.2 Å². The van der Waals surface area contributed by atoms with Gasteiger partial charge in [0.1, 0.15) is 0 Å². The molecule has 0 saturated heterocycles. The van der Waals surface area contributed by atoms with Crippen LogP contribution in [0, 0.1) is 11.8 Å². The fraction of sp³-hybridized carbons (Fsp3) is 0.562. The first kappa shape index (κ1) is 16.7. The average Bonchev–Trinajstić information content (AvgIpc) is 2.44. The molecule has 2 N–H and O–H groups in total. The van der Waals surface area contributed by atoms with E-state index in [2.05, 4.69) is 0 Å². The molecule has 1 aromatic rings. The lowest BCUT2D eigenvalue weighted by molar-refractivity contribution is 0.00135. The van der Waals surface area contributed by atoms with Crippen molar-refractivity contribution in [2.75, 3.05) is 6.61 Å². The summed E-state index contributed by atoms with van der Waals surface area (Å²) in [6.07, 6.45) is -0.935. The van der Waals surface area contributed by atoms with E-state index in [4.69, 9.17) is 4.74 Å². The van der Waals surface area contributed by atoms with Gasteiger partial charge in [-0.25, -0.2) is 4.79 Å². The van der Waals surface area contributed by atoms with E-state index in [1.807, 2.05) is 19.9 Å². The zero-order valence-electron chi connectivity index (χ0n) is 12.3. The molecule has 0 aliphatic carbocycles. The number of rotatable bonds is 7. The highest BCUT2D eigenvalue weighted by Gasteiger charge is 2.21. The molecule has 4 heteroatoms. The Kier molecular flexibility index (Phi) is 6.68. The van der Waals surface area contributed by atoms with Crippen molar-refractivity contribution in [2.24, 2.45) is 11.8 Å². The first-order chi connectivity index (χ1) is 9.41. The SMILES string of the molecule is CC(C)C(O)CC(O)C(C)COC(=O)c1ccccc1. The van der Waals surface area contributed by atoms with Gasteiger partial charge >= 0.3 is 5.97 Å². The summed E-state index contributed by atoms with van der Waals surface area (Å²) in [7, 11) is 0. The molecule has 3 unspecified atom stereocenters. The number of ether oxygens (including phenoxy) is 1. The van der Waals surface area contributed by atoms with Crippen molar-refractivity contribution in [3.8, 4) is 0 Å². The molecule has 0 heterocycles. The lowest BCUT2D eigenvalue weighted by atomic mass is 9.95. The Labute approximate surface area is 120 Å². The van der Waals surface area contributed by atoms with Crippen molar-refractivity contribution in [3.05, 3.63) is 35.9 Å². The quantitative estimate of drug-likeness (QED) is 0.752. The van der Waals surface area contributed by atoms with Crippen LogP contribution in [0.25, 0.3) is 0 Å². The summed E-state index contributed by atoms with van der Waals surface area (Å²) in [5, 5.41) is 19.7. The van der Waals surface area contributed by atoms with Crippen LogP contribution in [0.2, 0.25) is 0 Å². The molecule has 4 nitrogen and oxygen atoms in total. The van der Waals surface area contributed by atoms with E-state index in [0.29, 0.717) is 12.0 Å². The van der Waals surface area contributed by atoms with Crippen molar-refractivity contribution < 1.29 is 19.7 Å². The second kappa shape index (κ2) is 8.02. The zero-order chi connectivity index (χ0) is 15.1. The van der Waals surface area contributed by atoms with E-state index in [1.165, 1.54) is 0 Å². The van der Waals surface area contributed by atoms with Gasteiger partial charge in [-0.2, -0.15) is 0 Å². The van der Waals surface area contributed by atoms with Crippen LogP contribution in [0.4, 0.5) is 0 Å². The highest BCUT2D eigenvalue weighted by Crippen LogP contribution is 2.15. The van der Waals surface area contributed by atoms with Crippen LogP contribution in [0.15, 0.2) is 30.3 Å². The molecule has 0 amide bonds. The van der Waals surface area contributed by atoms with Crippen molar-refractivity contribution in [3.63, 3.8) is 0 Å². The van der Waals surface area contributed by atoms with E-state index < -0.39 is 18.2 Å². The monoisotopic (exact) mass is 280 g/mol. The Morgan fingerprint density at radius 2 is 1.70 bits per heavy atom. The smallest absolute Gasteiger partial charge is 0.338 e. The molecule has 20 heavy (non-hydrogen) atoms. The molecule has 0 radical (unpaired) electrons. The van der Waals surface area contributed by atoms with Gasteiger partial charge in [0.25, 0.3) is 0 Å². The van der Waals surface area contributed by atoms with Crippen molar-refractivity contribution in [1.82, 2.24) is 0 Å². The number of esters is 1. The van der Waals surface area contributed by atoms with Crippen LogP contribution >= 0.6 is 0 Å². The maximum absolute atomic E-state index is 11.7. The molecule has 1 rings (SSSR count). The van der Waals surface area contributed by atoms with E-state index >= 15 is 0 Å². The number of carbonyl (C=O) groups excluding carboxylic acids is 1. The van der Waals surface area contributed by atoms with Crippen LogP contribution in [0.1, 0.15) is 37.6 Å². The fourth-order valence-electron chi connectivity index (χ4n) is 1.73. The molecular formula is C16H24O4. The molecule has 112 valence electrons. The van der Waals surface area contributed by atoms with Gasteiger partial charge in [-0.1, -0.05) is 39.0 Å². The van der Waals surface area contributed by atoms with Gasteiger partial charge in [0.05, 0.1) is 24.4 Å². The third kappa shape index (κ3) is 5.31. The number of benzene rings is 1. The van der Waals surface area contributed by atoms with Crippen LogP contribution in [0.5, 0.6) is 0 Å². The maximum Gasteiger partial charge on any atom is 0.338 e. The predicted octanol–water partition coefficient (Wildman–Crippen LogP) is 2.25. The summed E-state index contributed by atoms with van der Waals surface area (Å²) in [4.78, 5) is 11.7. The van der Waals surface area contributed by atoms with Gasteiger partial charge < -0.3 is 14.9 Å². The Hall–Kier alpha value is -1.39. The van der Waals surface area contributed by atoms with Crippen LogP contribution in [-0.2, 0) is 4.74 Å². The second-order valence-corrected chi connectivity index (χ2v) is 5.56. The molecule has 0 aromatic heterocycles. The summed E-state index contributed by atoms with van der Waals surface area (Å²) >= 11 is 0. The van der Waals surface area contributed by atoms with Gasteiger partial charge in [0.15, 0.2) is 0 Å². The molecule has 0 spiro atoms. The number of hydrogen-bond acceptors (Lipinski definition) is 4. The van der Waals surface area contributed by atoms with Gasteiger partial charge in [-0.15, -0.1) is 0 Å². The Bertz CT molecular complexity index is 402. The van der Waals surface area contributed by atoms with Gasteiger partial charge in [0, 0.05) is 5.92 Å². The molecular weight excluding hydrogens is 256 g/mol. The minimum Gasteiger partial charge on any atom is -0.462 e. The van der Waals surface area contributed by atoms with E-state index in [0.717, 1.165) is 0 Å². The zero-order valence-corrected chi connectivity index (χ0v) is 12.3. The maximum atomic E-state index is 11.7. The first-order valence-corrected chi connectivity index (χ1v) is 7.00. The number of aliphatic hydroxyl groups is 2. The average molecular weight is 280 g/mol. The third-order valence-corrected chi connectivity index (χ3v) is 3.40. The van der Waals surface area contributed by atoms with Crippen molar-refractivity contribution >= 4 is 5.97 Å². The van der Waals surface area contributed by atoms with E-state index in [9.17, 15) is 15.0 Å². The number of carbonyl (C=O) groups is 1. The van der Waals surface area contributed by atoms with Crippen molar-refractivity contribution in [2.45, 2.75) is 39.4 Å². The molecule has 0 aliphatic rings. The summed E-state index contributed by atoms with van der Waals surface area (Å²) in [5.74, 6) is -0.506. The Morgan fingerprint density at radius 3 is 2.25 bits per heavy atom. The summed E-state index contributed by atoms with van der Waals surface area (Å²) in [5.41, 5.74) is 0.497. The second-order valence-electron chi connectivity index (χ2n) is 5.56. The molecule has 0 saturated carbocycles. The van der Waals surface area contributed by atoms with E-state index in [-0.39, 0.29) is 18.4 Å². The van der Waals surface area contributed by atoms with Crippen LogP contribution in [0.3, 0.4) is 0 Å². The Balaban J connectivity index is 2.39. The lowest BCUT2D eigenvalue weighted by Gasteiger charge is -2.23. The van der Waals surface area contributed by atoms with Gasteiger partial charge in [0.2, 0.25) is 0 Å². The minimum absolute atomic E-state index is 0.101. The largest absolute Gasteiger partial charge is 0.462 e.